The average molecular weight is 383 g/mol. The van der Waals surface area contributed by atoms with E-state index in [4.69, 9.17) is 9.84 Å². The first-order chi connectivity index (χ1) is 13.2. The lowest BCUT2D eigenvalue weighted by atomic mass is 10.0. The molecule has 0 aliphatic rings. The minimum atomic E-state index is -0.993. The first-order valence-corrected chi connectivity index (χ1v) is 9.05. The molecule has 0 aliphatic heterocycles. The van der Waals surface area contributed by atoms with Gasteiger partial charge < -0.3 is 15.2 Å². The number of rotatable bonds is 7. The summed E-state index contributed by atoms with van der Waals surface area (Å²) < 4.78 is 5.44. The highest BCUT2D eigenvalue weighted by Crippen LogP contribution is 2.19. The number of carboxylic acid groups (broad SMARTS) is 1. The second kappa shape index (κ2) is 9.17. The van der Waals surface area contributed by atoms with E-state index in [0.29, 0.717) is 12.0 Å². The van der Waals surface area contributed by atoms with Crippen LogP contribution in [0.5, 0.6) is 0 Å². The van der Waals surface area contributed by atoms with Crippen LogP contribution in [0.4, 0.5) is 0 Å². The van der Waals surface area contributed by atoms with Gasteiger partial charge in [-0.25, -0.2) is 9.59 Å². The van der Waals surface area contributed by atoms with E-state index in [1.54, 1.807) is 57.2 Å². The Bertz CT molecular complexity index is 822. The SMILES string of the molecule is CC(C)(C)OC(=O)[C@@H](NC(=O)CCc1ccc(C(=O)O)cc1)c1ccccc1. The number of carbonyl (C=O) groups excluding carboxylic acids is 2. The van der Waals surface area contributed by atoms with E-state index in [1.807, 2.05) is 6.07 Å². The molecule has 0 heterocycles. The molecule has 1 atom stereocenters. The second-order valence-corrected chi connectivity index (χ2v) is 7.45. The highest BCUT2D eigenvalue weighted by molar-refractivity contribution is 5.87. The van der Waals surface area contributed by atoms with E-state index in [0.717, 1.165) is 5.56 Å². The lowest BCUT2D eigenvalue weighted by Gasteiger charge is -2.25. The third-order valence-corrected chi connectivity index (χ3v) is 3.92. The number of amides is 1. The van der Waals surface area contributed by atoms with Gasteiger partial charge in [-0.2, -0.15) is 0 Å². The van der Waals surface area contributed by atoms with Crippen LogP contribution in [0.1, 0.15) is 54.7 Å². The summed E-state index contributed by atoms with van der Waals surface area (Å²) in [5, 5.41) is 11.7. The lowest BCUT2D eigenvalue weighted by Crippen LogP contribution is -2.38. The van der Waals surface area contributed by atoms with Gasteiger partial charge in [0.2, 0.25) is 5.91 Å². The normalized spacial score (nSPS) is 12.1. The maximum atomic E-state index is 12.6. The van der Waals surface area contributed by atoms with E-state index in [1.165, 1.54) is 12.1 Å². The van der Waals surface area contributed by atoms with Gasteiger partial charge in [0.1, 0.15) is 5.60 Å². The van der Waals surface area contributed by atoms with Gasteiger partial charge in [-0.1, -0.05) is 42.5 Å². The molecule has 28 heavy (non-hydrogen) atoms. The summed E-state index contributed by atoms with van der Waals surface area (Å²) in [7, 11) is 0. The molecule has 0 unspecified atom stereocenters. The van der Waals surface area contributed by atoms with Crippen molar-refractivity contribution in [1.29, 1.82) is 0 Å². The Morgan fingerprint density at radius 2 is 1.61 bits per heavy atom. The van der Waals surface area contributed by atoms with E-state index < -0.39 is 23.6 Å². The van der Waals surface area contributed by atoms with Gasteiger partial charge in [0.15, 0.2) is 6.04 Å². The summed E-state index contributed by atoms with van der Waals surface area (Å²) in [6.45, 7) is 5.32. The third kappa shape index (κ3) is 6.54. The predicted molar refractivity (Wildman–Crippen MR) is 105 cm³/mol. The minimum Gasteiger partial charge on any atom is -0.478 e. The fourth-order valence-electron chi connectivity index (χ4n) is 2.59. The molecule has 0 bridgehead atoms. The Kier molecular flexibility index (Phi) is 6.93. The van der Waals surface area contributed by atoms with Crippen LogP contribution in [-0.2, 0) is 20.7 Å². The molecule has 0 aromatic heterocycles. The molecule has 0 radical (unpaired) electrons. The Labute approximate surface area is 164 Å². The number of benzene rings is 2. The average Bonchev–Trinajstić information content (AvgIpc) is 2.64. The maximum absolute atomic E-state index is 12.6. The van der Waals surface area contributed by atoms with Gasteiger partial charge >= 0.3 is 11.9 Å². The molecule has 0 spiro atoms. The molecule has 6 heteroatoms. The largest absolute Gasteiger partial charge is 0.478 e. The summed E-state index contributed by atoms with van der Waals surface area (Å²) in [4.78, 5) is 35.9. The monoisotopic (exact) mass is 383 g/mol. The zero-order valence-electron chi connectivity index (χ0n) is 16.3. The molecule has 0 saturated carbocycles. The van der Waals surface area contributed by atoms with Crippen molar-refractivity contribution < 1.29 is 24.2 Å². The number of hydrogen-bond acceptors (Lipinski definition) is 4. The van der Waals surface area contributed by atoms with Crippen molar-refractivity contribution in [1.82, 2.24) is 5.32 Å². The summed E-state index contributed by atoms with van der Waals surface area (Å²) in [6.07, 6.45) is 0.597. The summed E-state index contributed by atoms with van der Waals surface area (Å²) in [5.41, 5.74) is 1.02. The van der Waals surface area contributed by atoms with Gasteiger partial charge in [-0.05, 0) is 50.5 Å². The van der Waals surface area contributed by atoms with Crippen molar-refractivity contribution >= 4 is 17.8 Å². The van der Waals surface area contributed by atoms with Crippen LogP contribution >= 0.6 is 0 Å². The van der Waals surface area contributed by atoms with Gasteiger partial charge in [0.05, 0.1) is 5.56 Å². The molecular weight excluding hydrogens is 358 g/mol. The number of esters is 1. The zero-order chi connectivity index (χ0) is 20.7. The molecule has 0 saturated heterocycles. The predicted octanol–water partition coefficient (Wildman–Crippen LogP) is 3.52. The van der Waals surface area contributed by atoms with Crippen LogP contribution in [0.25, 0.3) is 0 Å². The van der Waals surface area contributed by atoms with Crippen LogP contribution in [0.15, 0.2) is 54.6 Å². The number of hydrogen-bond donors (Lipinski definition) is 2. The molecule has 2 N–H and O–H groups in total. The molecule has 0 fully saturated rings. The highest BCUT2D eigenvalue weighted by Gasteiger charge is 2.27. The van der Waals surface area contributed by atoms with Crippen LogP contribution < -0.4 is 5.32 Å². The molecule has 2 aromatic carbocycles. The molecule has 1 amide bonds. The topological polar surface area (TPSA) is 92.7 Å². The molecule has 2 aromatic rings. The first-order valence-electron chi connectivity index (χ1n) is 9.05. The second-order valence-electron chi connectivity index (χ2n) is 7.45. The highest BCUT2D eigenvalue weighted by atomic mass is 16.6. The zero-order valence-corrected chi connectivity index (χ0v) is 16.3. The van der Waals surface area contributed by atoms with Crippen LogP contribution in [-0.4, -0.2) is 28.6 Å². The third-order valence-electron chi connectivity index (χ3n) is 3.92. The fraction of sp³-hybridized carbons (Fsp3) is 0.318. The van der Waals surface area contributed by atoms with E-state index in [9.17, 15) is 14.4 Å². The van der Waals surface area contributed by atoms with Crippen molar-refractivity contribution in [2.24, 2.45) is 0 Å². The van der Waals surface area contributed by atoms with Crippen molar-refractivity contribution in [2.45, 2.75) is 45.3 Å². The Morgan fingerprint density at radius 1 is 1.00 bits per heavy atom. The number of carbonyl (C=O) groups is 3. The van der Waals surface area contributed by atoms with Crippen molar-refractivity contribution in [2.75, 3.05) is 0 Å². The van der Waals surface area contributed by atoms with Crippen molar-refractivity contribution in [3.8, 4) is 0 Å². The minimum absolute atomic E-state index is 0.165. The van der Waals surface area contributed by atoms with Crippen LogP contribution in [0.2, 0.25) is 0 Å². The van der Waals surface area contributed by atoms with Crippen molar-refractivity contribution in [3.05, 3.63) is 71.3 Å². The summed E-state index contributed by atoms with van der Waals surface area (Å²) >= 11 is 0. The standard InChI is InChI=1S/C22H25NO5/c1-22(2,3)28-21(27)19(16-7-5-4-6-8-16)23-18(24)14-11-15-9-12-17(13-10-15)20(25)26/h4-10,12-13,19H,11,14H2,1-3H3,(H,23,24)(H,25,26)/t19-/m0/s1. The Hall–Kier alpha value is -3.15. The maximum Gasteiger partial charge on any atom is 0.335 e. The van der Waals surface area contributed by atoms with Gasteiger partial charge in [-0.15, -0.1) is 0 Å². The number of nitrogens with one attached hydrogen (secondary N) is 1. The molecule has 2 rings (SSSR count). The number of aryl methyl sites for hydroxylation is 1. The van der Waals surface area contributed by atoms with Crippen LogP contribution in [0.3, 0.4) is 0 Å². The number of carboxylic acids is 1. The van der Waals surface area contributed by atoms with Crippen molar-refractivity contribution in [3.63, 3.8) is 0 Å². The van der Waals surface area contributed by atoms with E-state index in [2.05, 4.69) is 5.32 Å². The van der Waals surface area contributed by atoms with Gasteiger partial charge in [0, 0.05) is 6.42 Å². The van der Waals surface area contributed by atoms with Gasteiger partial charge in [-0.3, -0.25) is 4.79 Å². The van der Waals surface area contributed by atoms with Gasteiger partial charge in [0.25, 0.3) is 0 Å². The summed E-state index contributed by atoms with van der Waals surface area (Å²) in [6, 6.07) is 14.4. The molecular formula is C22H25NO5. The molecule has 148 valence electrons. The molecule has 0 aliphatic carbocycles. The van der Waals surface area contributed by atoms with E-state index in [-0.39, 0.29) is 17.9 Å². The first kappa shape index (κ1) is 21.2. The lowest BCUT2D eigenvalue weighted by molar-refractivity contribution is -0.158. The number of aromatic carboxylic acids is 1. The molecule has 6 nitrogen and oxygen atoms in total. The Morgan fingerprint density at radius 3 is 2.14 bits per heavy atom. The quantitative estimate of drug-likeness (QED) is 0.714. The van der Waals surface area contributed by atoms with Crippen LogP contribution in [0, 0.1) is 0 Å². The van der Waals surface area contributed by atoms with E-state index >= 15 is 0 Å². The Balaban J connectivity index is 2.03. The summed E-state index contributed by atoms with van der Waals surface area (Å²) in [5.74, 6) is -1.80. The smallest absolute Gasteiger partial charge is 0.335 e. The fourth-order valence-corrected chi connectivity index (χ4v) is 2.59. The number of ether oxygens (including phenoxy) is 1.